The summed E-state index contributed by atoms with van der Waals surface area (Å²) in [6.45, 7) is 6.52. The molecule has 0 saturated heterocycles. The third-order valence-corrected chi connectivity index (χ3v) is 4.21. The van der Waals surface area contributed by atoms with Crippen molar-refractivity contribution in [1.29, 1.82) is 0 Å². The molecular weight excluding hydrogens is 284 g/mol. The van der Waals surface area contributed by atoms with Crippen LogP contribution in [0.25, 0.3) is 5.65 Å². The molecule has 2 aromatic heterocycles. The second-order valence-corrected chi connectivity index (χ2v) is 6.30. The van der Waals surface area contributed by atoms with E-state index in [1.54, 1.807) is 0 Å². The molecule has 4 nitrogen and oxygen atoms in total. The zero-order valence-electron chi connectivity index (χ0n) is 14.0. The van der Waals surface area contributed by atoms with E-state index in [0.29, 0.717) is 6.04 Å². The van der Waals surface area contributed by atoms with Gasteiger partial charge in [0.25, 0.3) is 0 Å². The number of rotatable bonds is 6. The molecule has 1 N–H and O–H groups in total. The molecule has 3 rings (SSSR count). The fraction of sp³-hybridized carbons (Fsp3) is 0.368. The predicted octanol–water partition coefficient (Wildman–Crippen LogP) is 3.71. The Hall–Kier alpha value is -2.20. The van der Waals surface area contributed by atoms with Gasteiger partial charge in [-0.3, -0.25) is 4.40 Å². The van der Waals surface area contributed by atoms with Gasteiger partial charge in [0.1, 0.15) is 0 Å². The maximum Gasteiger partial charge on any atom is 0.160 e. The SMILES string of the molecule is Cc1cccc(CCC(C)NC(C)c2nnc3ccccn23)c1. The summed E-state index contributed by atoms with van der Waals surface area (Å²) in [6, 6.07) is 15.3. The average molecular weight is 308 g/mol. The van der Waals surface area contributed by atoms with Crippen LogP contribution in [0.3, 0.4) is 0 Å². The molecule has 0 aliphatic rings. The Labute approximate surface area is 137 Å². The highest BCUT2D eigenvalue weighted by atomic mass is 15.3. The molecule has 2 heterocycles. The molecule has 120 valence electrons. The Bertz CT molecular complexity index is 778. The first-order chi connectivity index (χ1) is 11.1. The molecule has 0 fully saturated rings. The summed E-state index contributed by atoms with van der Waals surface area (Å²) in [4.78, 5) is 0. The van der Waals surface area contributed by atoms with Crippen molar-refractivity contribution in [2.75, 3.05) is 0 Å². The average Bonchev–Trinajstić information content (AvgIpc) is 2.97. The maximum atomic E-state index is 4.33. The van der Waals surface area contributed by atoms with E-state index < -0.39 is 0 Å². The number of hydrogen-bond donors (Lipinski definition) is 1. The van der Waals surface area contributed by atoms with Crippen LogP contribution in [0.2, 0.25) is 0 Å². The number of benzene rings is 1. The predicted molar refractivity (Wildman–Crippen MR) is 93.5 cm³/mol. The number of hydrogen-bond acceptors (Lipinski definition) is 3. The monoisotopic (exact) mass is 308 g/mol. The largest absolute Gasteiger partial charge is 0.305 e. The van der Waals surface area contributed by atoms with Gasteiger partial charge in [-0.25, -0.2) is 0 Å². The molecule has 23 heavy (non-hydrogen) atoms. The van der Waals surface area contributed by atoms with Gasteiger partial charge in [0.2, 0.25) is 0 Å². The lowest BCUT2D eigenvalue weighted by atomic mass is 10.0. The van der Waals surface area contributed by atoms with E-state index in [1.807, 2.05) is 28.8 Å². The van der Waals surface area contributed by atoms with E-state index >= 15 is 0 Å². The standard InChI is InChI=1S/C19H24N4/c1-14-7-6-8-17(13-14)11-10-15(2)20-16(3)19-22-21-18-9-4-5-12-23(18)19/h4-9,12-13,15-16,20H,10-11H2,1-3H3. The fourth-order valence-electron chi connectivity index (χ4n) is 2.99. The van der Waals surface area contributed by atoms with Crippen molar-refractivity contribution in [3.05, 3.63) is 65.6 Å². The zero-order valence-corrected chi connectivity index (χ0v) is 14.0. The van der Waals surface area contributed by atoms with Crippen LogP contribution in [0.5, 0.6) is 0 Å². The molecule has 0 radical (unpaired) electrons. The second kappa shape index (κ2) is 6.92. The van der Waals surface area contributed by atoms with Crippen LogP contribution >= 0.6 is 0 Å². The summed E-state index contributed by atoms with van der Waals surface area (Å²) < 4.78 is 2.05. The van der Waals surface area contributed by atoms with Gasteiger partial charge in [0.15, 0.2) is 11.5 Å². The minimum absolute atomic E-state index is 0.167. The molecule has 2 unspecified atom stereocenters. The van der Waals surface area contributed by atoms with E-state index in [-0.39, 0.29) is 6.04 Å². The fourth-order valence-corrected chi connectivity index (χ4v) is 2.99. The number of aryl methyl sites for hydroxylation is 2. The highest BCUT2D eigenvalue weighted by Crippen LogP contribution is 2.14. The highest BCUT2D eigenvalue weighted by molar-refractivity contribution is 5.37. The van der Waals surface area contributed by atoms with Crippen LogP contribution in [0.1, 0.15) is 43.3 Å². The minimum Gasteiger partial charge on any atom is -0.305 e. The molecule has 0 aliphatic heterocycles. The first-order valence-corrected chi connectivity index (χ1v) is 8.25. The number of fused-ring (bicyclic) bond motifs is 1. The molecule has 4 heteroatoms. The quantitative estimate of drug-likeness (QED) is 0.755. The molecule has 0 amide bonds. The highest BCUT2D eigenvalue weighted by Gasteiger charge is 2.15. The number of pyridine rings is 1. The Kier molecular flexibility index (Phi) is 4.72. The lowest BCUT2D eigenvalue weighted by Crippen LogP contribution is -2.30. The van der Waals surface area contributed by atoms with Crippen LogP contribution in [0, 0.1) is 6.92 Å². The zero-order chi connectivity index (χ0) is 16.2. The van der Waals surface area contributed by atoms with Crippen LogP contribution in [0.15, 0.2) is 48.7 Å². The first-order valence-electron chi connectivity index (χ1n) is 8.25. The normalized spacial score (nSPS) is 14.0. The van der Waals surface area contributed by atoms with Gasteiger partial charge < -0.3 is 5.32 Å². The van der Waals surface area contributed by atoms with Crippen molar-refractivity contribution in [3.8, 4) is 0 Å². The van der Waals surface area contributed by atoms with Crippen molar-refractivity contribution in [3.63, 3.8) is 0 Å². The molecular formula is C19H24N4. The number of nitrogens with zero attached hydrogens (tertiary/aromatic N) is 3. The van der Waals surface area contributed by atoms with Crippen LogP contribution in [-0.2, 0) is 6.42 Å². The minimum atomic E-state index is 0.167. The third-order valence-electron chi connectivity index (χ3n) is 4.21. The number of aromatic nitrogens is 3. The van der Waals surface area contributed by atoms with Gasteiger partial charge in [0.05, 0.1) is 6.04 Å². The number of nitrogens with one attached hydrogen (secondary N) is 1. The van der Waals surface area contributed by atoms with E-state index in [1.165, 1.54) is 11.1 Å². The van der Waals surface area contributed by atoms with Crippen LogP contribution in [-0.4, -0.2) is 20.6 Å². The molecule has 2 atom stereocenters. The van der Waals surface area contributed by atoms with Gasteiger partial charge in [-0.2, -0.15) is 0 Å². The molecule has 0 bridgehead atoms. The smallest absolute Gasteiger partial charge is 0.160 e. The molecule has 3 aromatic rings. The summed E-state index contributed by atoms with van der Waals surface area (Å²) in [6.07, 6.45) is 4.20. The molecule has 0 aliphatic carbocycles. The van der Waals surface area contributed by atoms with E-state index in [4.69, 9.17) is 0 Å². The summed E-state index contributed by atoms with van der Waals surface area (Å²) in [5.41, 5.74) is 3.62. The van der Waals surface area contributed by atoms with Crippen molar-refractivity contribution in [1.82, 2.24) is 19.9 Å². The maximum absolute atomic E-state index is 4.33. The molecule has 0 saturated carbocycles. The van der Waals surface area contributed by atoms with E-state index in [0.717, 1.165) is 24.3 Å². The van der Waals surface area contributed by atoms with Gasteiger partial charge >= 0.3 is 0 Å². The van der Waals surface area contributed by atoms with Gasteiger partial charge in [0, 0.05) is 12.2 Å². The lowest BCUT2D eigenvalue weighted by molar-refractivity contribution is 0.441. The van der Waals surface area contributed by atoms with Gasteiger partial charge in [-0.1, -0.05) is 35.9 Å². The Morgan fingerprint density at radius 3 is 2.78 bits per heavy atom. The van der Waals surface area contributed by atoms with Crippen molar-refractivity contribution in [2.24, 2.45) is 0 Å². The van der Waals surface area contributed by atoms with Crippen molar-refractivity contribution < 1.29 is 0 Å². The van der Waals surface area contributed by atoms with Crippen molar-refractivity contribution in [2.45, 2.75) is 45.7 Å². The van der Waals surface area contributed by atoms with Gasteiger partial charge in [-0.05, 0) is 51.3 Å². The Morgan fingerprint density at radius 2 is 1.96 bits per heavy atom. The summed E-state index contributed by atoms with van der Waals surface area (Å²) in [5.74, 6) is 0.961. The Morgan fingerprint density at radius 1 is 1.09 bits per heavy atom. The topological polar surface area (TPSA) is 42.2 Å². The van der Waals surface area contributed by atoms with Crippen LogP contribution in [0.4, 0.5) is 0 Å². The summed E-state index contributed by atoms with van der Waals surface area (Å²) in [7, 11) is 0. The second-order valence-electron chi connectivity index (χ2n) is 6.30. The summed E-state index contributed by atoms with van der Waals surface area (Å²) in [5, 5.41) is 12.2. The van der Waals surface area contributed by atoms with Crippen LogP contribution < -0.4 is 5.32 Å². The Balaban J connectivity index is 1.60. The van der Waals surface area contributed by atoms with Crippen molar-refractivity contribution >= 4 is 5.65 Å². The summed E-state index contributed by atoms with van der Waals surface area (Å²) >= 11 is 0. The molecule has 0 spiro atoms. The van der Waals surface area contributed by atoms with E-state index in [9.17, 15) is 0 Å². The lowest BCUT2D eigenvalue weighted by Gasteiger charge is -2.19. The van der Waals surface area contributed by atoms with Gasteiger partial charge in [-0.15, -0.1) is 10.2 Å². The van der Waals surface area contributed by atoms with E-state index in [2.05, 4.69) is 60.6 Å². The molecule has 1 aromatic carbocycles. The first kappa shape index (κ1) is 15.7. The third kappa shape index (κ3) is 3.77.